The average Bonchev–Trinajstić information content (AvgIpc) is 3.22. The number of likely N-dealkylation sites (N-methyl/N-ethyl adjacent to an activating group) is 1. The minimum absolute atomic E-state index is 0.00410. The molecule has 0 unspecified atom stereocenters. The molecule has 0 fully saturated rings. The molecule has 0 aliphatic heterocycles. The lowest BCUT2D eigenvalue weighted by Gasteiger charge is -2.17. The van der Waals surface area contributed by atoms with E-state index >= 15 is 0 Å². The molecule has 0 radical (unpaired) electrons. The SMILES string of the molecule is CN(CCCCCc1cc(-c2ccccc2)n[nH]1)C(=O)Cc1ccc(S(N)(=O)=O)cc1. The summed E-state index contributed by atoms with van der Waals surface area (Å²) in [6, 6.07) is 18.3. The Balaban J connectivity index is 1.37. The van der Waals surface area contributed by atoms with Gasteiger partial charge in [0.05, 0.1) is 17.0 Å². The molecule has 164 valence electrons. The maximum atomic E-state index is 12.4. The Kier molecular flexibility index (Phi) is 7.59. The summed E-state index contributed by atoms with van der Waals surface area (Å²) in [6.07, 6.45) is 4.12. The van der Waals surface area contributed by atoms with E-state index < -0.39 is 10.0 Å². The second kappa shape index (κ2) is 10.4. The summed E-state index contributed by atoms with van der Waals surface area (Å²) in [6.45, 7) is 0.687. The predicted molar refractivity (Wildman–Crippen MR) is 121 cm³/mol. The number of aromatic nitrogens is 2. The lowest BCUT2D eigenvalue weighted by molar-refractivity contribution is -0.129. The summed E-state index contributed by atoms with van der Waals surface area (Å²) in [5, 5.41) is 12.6. The molecule has 0 bridgehead atoms. The van der Waals surface area contributed by atoms with Gasteiger partial charge in [-0.2, -0.15) is 5.10 Å². The Hall–Kier alpha value is -2.97. The van der Waals surface area contributed by atoms with Gasteiger partial charge >= 0.3 is 0 Å². The number of sulfonamides is 1. The lowest BCUT2D eigenvalue weighted by Crippen LogP contribution is -2.29. The van der Waals surface area contributed by atoms with Crippen LogP contribution in [0.15, 0.2) is 65.6 Å². The highest BCUT2D eigenvalue weighted by Crippen LogP contribution is 2.18. The van der Waals surface area contributed by atoms with Gasteiger partial charge in [0.25, 0.3) is 0 Å². The monoisotopic (exact) mass is 440 g/mol. The number of amides is 1. The molecule has 31 heavy (non-hydrogen) atoms. The van der Waals surface area contributed by atoms with E-state index in [2.05, 4.69) is 16.3 Å². The summed E-state index contributed by atoms with van der Waals surface area (Å²) in [4.78, 5) is 14.2. The van der Waals surface area contributed by atoms with Crippen LogP contribution in [0.3, 0.4) is 0 Å². The quantitative estimate of drug-likeness (QED) is 0.472. The van der Waals surface area contributed by atoms with Crippen LogP contribution in [-0.2, 0) is 27.7 Å². The van der Waals surface area contributed by atoms with E-state index in [0.717, 1.165) is 48.2 Å². The molecule has 0 saturated heterocycles. The number of carbonyl (C=O) groups is 1. The molecule has 0 aliphatic rings. The van der Waals surface area contributed by atoms with Gasteiger partial charge in [-0.15, -0.1) is 0 Å². The first-order chi connectivity index (χ1) is 14.8. The number of hydrogen-bond donors (Lipinski definition) is 2. The molecule has 0 spiro atoms. The molecule has 1 aromatic heterocycles. The van der Waals surface area contributed by atoms with E-state index in [1.165, 1.54) is 12.1 Å². The molecule has 3 aromatic rings. The van der Waals surface area contributed by atoms with Crippen LogP contribution in [0.2, 0.25) is 0 Å². The van der Waals surface area contributed by atoms with Crippen molar-refractivity contribution in [2.24, 2.45) is 5.14 Å². The highest BCUT2D eigenvalue weighted by Gasteiger charge is 2.12. The Morgan fingerprint density at radius 1 is 1.03 bits per heavy atom. The number of hydrogen-bond acceptors (Lipinski definition) is 4. The van der Waals surface area contributed by atoms with Crippen molar-refractivity contribution in [2.45, 2.75) is 37.0 Å². The first-order valence-electron chi connectivity index (χ1n) is 10.3. The molecule has 0 saturated carbocycles. The molecule has 3 rings (SSSR count). The smallest absolute Gasteiger partial charge is 0.238 e. The third-order valence-corrected chi connectivity index (χ3v) is 6.10. The number of aromatic amines is 1. The van der Waals surface area contributed by atoms with Crippen molar-refractivity contribution in [3.8, 4) is 11.3 Å². The van der Waals surface area contributed by atoms with Crippen molar-refractivity contribution < 1.29 is 13.2 Å². The largest absolute Gasteiger partial charge is 0.345 e. The van der Waals surface area contributed by atoms with Crippen molar-refractivity contribution >= 4 is 15.9 Å². The van der Waals surface area contributed by atoms with Gasteiger partial charge in [0, 0.05) is 24.8 Å². The van der Waals surface area contributed by atoms with Gasteiger partial charge in [0.15, 0.2) is 0 Å². The average molecular weight is 441 g/mol. The molecule has 1 heterocycles. The number of nitrogens with two attached hydrogens (primary N) is 1. The van der Waals surface area contributed by atoms with Crippen molar-refractivity contribution in [3.05, 3.63) is 71.9 Å². The first-order valence-corrected chi connectivity index (χ1v) is 11.8. The van der Waals surface area contributed by atoms with Gasteiger partial charge in [-0.25, -0.2) is 13.6 Å². The molecular formula is C23H28N4O3S. The predicted octanol–water partition coefficient (Wildman–Crippen LogP) is 3.14. The van der Waals surface area contributed by atoms with Crippen LogP contribution in [0.5, 0.6) is 0 Å². The van der Waals surface area contributed by atoms with E-state index in [0.29, 0.717) is 6.54 Å². The van der Waals surface area contributed by atoms with Gasteiger partial charge in [0.2, 0.25) is 15.9 Å². The Morgan fingerprint density at radius 3 is 2.42 bits per heavy atom. The topological polar surface area (TPSA) is 109 Å². The van der Waals surface area contributed by atoms with Crippen LogP contribution >= 0.6 is 0 Å². The number of benzene rings is 2. The van der Waals surface area contributed by atoms with Gasteiger partial charge in [0.1, 0.15) is 0 Å². The second-order valence-electron chi connectivity index (χ2n) is 7.64. The van der Waals surface area contributed by atoms with Crippen molar-refractivity contribution in [1.29, 1.82) is 0 Å². The van der Waals surface area contributed by atoms with Crippen LogP contribution < -0.4 is 5.14 Å². The van der Waals surface area contributed by atoms with E-state index in [1.54, 1.807) is 24.1 Å². The van der Waals surface area contributed by atoms with E-state index in [9.17, 15) is 13.2 Å². The summed E-state index contributed by atoms with van der Waals surface area (Å²) >= 11 is 0. The number of aryl methyl sites for hydroxylation is 1. The van der Waals surface area contributed by atoms with E-state index in [-0.39, 0.29) is 17.2 Å². The third kappa shape index (κ3) is 6.77. The van der Waals surface area contributed by atoms with Crippen LogP contribution in [0.4, 0.5) is 0 Å². The lowest BCUT2D eigenvalue weighted by atomic mass is 10.1. The highest BCUT2D eigenvalue weighted by molar-refractivity contribution is 7.89. The Bertz CT molecular complexity index is 1090. The van der Waals surface area contributed by atoms with Gasteiger partial charge < -0.3 is 4.90 Å². The molecule has 1 amide bonds. The number of primary sulfonamides is 1. The third-order valence-electron chi connectivity index (χ3n) is 5.17. The molecule has 7 nitrogen and oxygen atoms in total. The van der Waals surface area contributed by atoms with E-state index in [4.69, 9.17) is 5.14 Å². The summed E-state index contributed by atoms with van der Waals surface area (Å²) in [5.74, 6) is 0.00410. The van der Waals surface area contributed by atoms with Crippen molar-refractivity contribution in [2.75, 3.05) is 13.6 Å². The fourth-order valence-electron chi connectivity index (χ4n) is 3.32. The zero-order valence-corrected chi connectivity index (χ0v) is 18.4. The Labute approximate surface area is 183 Å². The normalized spacial score (nSPS) is 11.4. The van der Waals surface area contributed by atoms with Gasteiger partial charge in [-0.05, 0) is 43.0 Å². The standard InChI is InChI=1S/C23H28N4O3S/c1-27(23(28)16-18-11-13-21(14-12-18)31(24,29)30)15-7-3-6-10-20-17-22(26-25-20)19-8-4-2-5-9-19/h2,4-5,8-9,11-14,17H,3,6-7,10,15-16H2,1H3,(H,25,26)(H2,24,29,30). The summed E-state index contributed by atoms with van der Waals surface area (Å²) in [5.41, 5.74) is 3.94. The van der Waals surface area contributed by atoms with Crippen LogP contribution in [0, 0.1) is 0 Å². The maximum Gasteiger partial charge on any atom is 0.238 e. The van der Waals surface area contributed by atoms with Crippen LogP contribution in [-0.4, -0.2) is 43.0 Å². The minimum atomic E-state index is -3.72. The Morgan fingerprint density at radius 2 is 1.74 bits per heavy atom. The highest BCUT2D eigenvalue weighted by atomic mass is 32.2. The number of nitrogens with zero attached hydrogens (tertiary/aromatic N) is 2. The molecule has 0 aliphatic carbocycles. The number of unbranched alkanes of at least 4 members (excludes halogenated alkanes) is 2. The fourth-order valence-corrected chi connectivity index (χ4v) is 3.83. The second-order valence-corrected chi connectivity index (χ2v) is 9.20. The van der Waals surface area contributed by atoms with Crippen molar-refractivity contribution in [1.82, 2.24) is 15.1 Å². The fraction of sp³-hybridized carbons (Fsp3) is 0.304. The molecule has 8 heteroatoms. The van der Waals surface area contributed by atoms with Gasteiger partial charge in [-0.3, -0.25) is 9.89 Å². The zero-order valence-electron chi connectivity index (χ0n) is 17.6. The molecule has 3 N–H and O–H groups in total. The zero-order chi connectivity index (χ0) is 22.3. The van der Waals surface area contributed by atoms with E-state index in [1.807, 2.05) is 30.3 Å². The van der Waals surface area contributed by atoms with Crippen molar-refractivity contribution in [3.63, 3.8) is 0 Å². The minimum Gasteiger partial charge on any atom is -0.345 e. The van der Waals surface area contributed by atoms with Crippen LogP contribution in [0.1, 0.15) is 30.5 Å². The van der Waals surface area contributed by atoms with Crippen LogP contribution in [0.25, 0.3) is 11.3 Å². The summed E-state index contributed by atoms with van der Waals surface area (Å²) in [7, 11) is -1.92. The summed E-state index contributed by atoms with van der Waals surface area (Å²) < 4.78 is 22.6. The van der Waals surface area contributed by atoms with Gasteiger partial charge in [-0.1, -0.05) is 48.9 Å². The number of nitrogens with one attached hydrogen (secondary N) is 1. The molecule has 0 atom stereocenters. The maximum absolute atomic E-state index is 12.4. The number of carbonyl (C=O) groups excluding carboxylic acids is 1. The number of rotatable bonds is 10. The number of H-pyrrole nitrogens is 1. The molecule has 2 aromatic carbocycles. The first kappa shape index (κ1) is 22.7. The molecular weight excluding hydrogens is 412 g/mol.